The van der Waals surface area contributed by atoms with Crippen LogP contribution in [0.25, 0.3) is 78.3 Å². The molecule has 0 saturated carbocycles. The van der Waals surface area contributed by atoms with E-state index in [0.717, 1.165) is 50.7 Å². The molecule has 5 heterocycles. The molecule has 320 valence electrons. The van der Waals surface area contributed by atoms with Crippen LogP contribution in [0.2, 0.25) is 13.1 Å². The van der Waals surface area contributed by atoms with Crippen LogP contribution in [0.3, 0.4) is 0 Å². The van der Waals surface area contributed by atoms with Crippen molar-refractivity contribution in [3.8, 4) is 78.8 Å². The van der Waals surface area contributed by atoms with Crippen LogP contribution < -0.4 is 30.0 Å². The first-order chi connectivity index (χ1) is 31.8. The van der Waals surface area contributed by atoms with Crippen molar-refractivity contribution in [3.63, 3.8) is 0 Å². The molecule has 0 amide bonds. The van der Waals surface area contributed by atoms with Crippen LogP contribution in [-0.2, 0) is 21.1 Å². The van der Waals surface area contributed by atoms with Crippen LogP contribution >= 0.6 is 0 Å². The van der Waals surface area contributed by atoms with E-state index < -0.39 is 8.07 Å². The standard InChI is InChI=1S/C57H42BN5OSi.Pt/c1-36-15-13-16-37(2)53(36)58-60(3)49-28-25-39(33-48(49)57-59-31-32-63(57)58)64-40-26-29-51-50(34-40)61-35-62-54-41(38-17-7-6-8-18-38)23-14-24-46(54)44-21-11-9-19-42(44)43-20-10-12-22-45(43)47-27-30-52(65(51,4)5)56(61)55(47)62;/h6-32H,1-5H3;/q-2;. The van der Waals surface area contributed by atoms with E-state index in [0.29, 0.717) is 11.5 Å². The Morgan fingerprint density at radius 1 is 0.621 bits per heavy atom. The first kappa shape index (κ1) is 40.5. The molecule has 0 radical (unpaired) electrons. The van der Waals surface area contributed by atoms with E-state index in [1.54, 1.807) is 0 Å². The van der Waals surface area contributed by atoms with Gasteiger partial charge < -0.3 is 18.6 Å². The fraction of sp³-hybridized carbons (Fsp3) is 0.0877. The van der Waals surface area contributed by atoms with E-state index in [1.165, 1.54) is 60.3 Å². The van der Waals surface area contributed by atoms with Gasteiger partial charge in [-0.2, -0.15) is 6.07 Å². The molecular weight excluding hydrogens is 1000 g/mol. The fourth-order valence-corrected chi connectivity index (χ4v) is 14.0. The van der Waals surface area contributed by atoms with Gasteiger partial charge in [-0.1, -0.05) is 180 Å². The zero-order valence-corrected chi connectivity index (χ0v) is 40.4. The van der Waals surface area contributed by atoms with Gasteiger partial charge in [0.25, 0.3) is 6.33 Å². The second kappa shape index (κ2) is 15.0. The maximum Gasteiger partial charge on any atom is 0.399 e. The predicted molar refractivity (Wildman–Crippen MR) is 266 cm³/mol. The molecule has 8 aromatic carbocycles. The number of anilines is 1. The van der Waals surface area contributed by atoms with Crippen molar-refractivity contribution in [2.24, 2.45) is 0 Å². The summed E-state index contributed by atoms with van der Waals surface area (Å²) in [5.41, 5.74) is 19.6. The average Bonchev–Trinajstić information content (AvgIpc) is 3.99. The molecule has 0 spiro atoms. The largest absolute Gasteiger partial charge is 0.503 e. The van der Waals surface area contributed by atoms with Crippen molar-refractivity contribution in [3.05, 3.63) is 194 Å². The number of aromatic nitrogens is 4. The van der Waals surface area contributed by atoms with Gasteiger partial charge in [0.1, 0.15) is 0 Å². The monoisotopic (exact) mass is 1050 g/mol. The Bertz CT molecular complexity index is 3610. The van der Waals surface area contributed by atoms with Crippen molar-refractivity contribution >= 4 is 47.6 Å². The summed E-state index contributed by atoms with van der Waals surface area (Å²) in [5.74, 6) is 2.10. The van der Waals surface area contributed by atoms with Crippen LogP contribution in [0.4, 0.5) is 5.69 Å². The molecule has 0 aliphatic carbocycles. The Labute approximate surface area is 400 Å². The van der Waals surface area contributed by atoms with Crippen LogP contribution in [0.15, 0.2) is 164 Å². The first-order valence-corrected chi connectivity index (χ1v) is 25.3. The molecule has 0 fully saturated rings. The number of benzene rings is 8. The third-order valence-electron chi connectivity index (χ3n) is 14.2. The minimum atomic E-state index is -2.31. The van der Waals surface area contributed by atoms with Gasteiger partial charge in [0.05, 0.1) is 16.7 Å². The van der Waals surface area contributed by atoms with Crippen molar-refractivity contribution in [1.29, 1.82) is 0 Å². The Balaban J connectivity index is 0.00000456. The quantitative estimate of drug-likeness (QED) is 0.100. The second-order valence-corrected chi connectivity index (χ2v) is 22.5. The molecule has 10 aromatic rings. The molecule has 0 atom stereocenters. The SMILES string of the molecule is Cc1cccc(C)c1B1N(C)c2ccc(Oc3[c-]c4c(cc3)[Si](C)(C)c3ccc5c6c3n-4[c-][n+]6-c3c(-c4ccccc4)cccc3-c3ccccc3-c3ccccc3-5)[c-]c2-c2nccn21.[Pt]. The van der Waals surface area contributed by atoms with E-state index in [-0.39, 0.29) is 28.0 Å². The smallest absolute Gasteiger partial charge is 0.399 e. The van der Waals surface area contributed by atoms with Crippen molar-refractivity contribution < 1.29 is 30.4 Å². The number of hydrogen-bond acceptors (Lipinski definition) is 3. The number of fused-ring (bicyclic) bond motifs is 12. The summed E-state index contributed by atoms with van der Waals surface area (Å²) in [6, 6.07) is 62.4. The number of nitrogens with zero attached hydrogens (tertiary/aromatic N) is 5. The number of para-hydroxylation sites is 1. The van der Waals surface area contributed by atoms with Crippen molar-refractivity contribution in [2.75, 3.05) is 11.9 Å². The van der Waals surface area contributed by atoms with Gasteiger partial charge in [-0.3, -0.25) is 9.55 Å². The molecule has 0 bridgehead atoms. The molecule has 0 unspecified atom stereocenters. The zero-order chi connectivity index (χ0) is 43.7. The molecule has 0 N–H and O–H groups in total. The van der Waals surface area contributed by atoms with E-state index in [9.17, 15) is 0 Å². The number of ether oxygens (including phenoxy) is 1. The normalized spacial score (nSPS) is 13.5. The summed E-state index contributed by atoms with van der Waals surface area (Å²) in [7, 11) is -0.155. The summed E-state index contributed by atoms with van der Waals surface area (Å²) in [6.07, 6.45) is 7.96. The zero-order valence-electron chi connectivity index (χ0n) is 37.1. The Morgan fingerprint density at radius 3 is 1.97 bits per heavy atom. The molecule has 2 aromatic heterocycles. The van der Waals surface area contributed by atoms with Gasteiger partial charge in [0.15, 0.2) is 0 Å². The maximum atomic E-state index is 6.80. The molecule has 0 saturated heterocycles. The summed E-state index contributed by atoms with van der Waals surface area (Å²) in [6.45, 7) is 9.27. The summed E-state index contributed by atoms with van der Waals surface area (Å²) >= 11 is 0. The fourth-order valence-electron chi connectivity index (χ4n) is 11.1. The van der Waals surface area contributed by atoms with Crippen LogP contribution in [0, 0.1) is 32.3 Å². The summed E-state index contributed by atoms with van der Waals surface area (Å²) in [4.78, 5) is 7.20. The van der Waals surface area contributed by atoms with E-state index in [4.69, 9.17) is 9.72 Å². The molecule has 3 aliphatic rings. The van der Waals surface area contributed by atoms with E-state index in [2.05, 4.69) is 223 Å². The van der Waals surface area contributed by atoms with Crippen LogP contribution in [0.1, 0.15) is 11.1 Å². The third kappa shape index (κ3) is 5.77. The van der Waals surface area contributed by atoms with Gasteiger partial charge >= 0.3 is 6.98 Å². The minimum Gasteiger partial charge on any atom is -0.503 e. The molecule has 13 rings (SSSR count). The van der Waals surface area contributed by atoms with Crippen LogP contribution in [0.5, 0.6) is 11.5 Å². The van der Waals surface area contributed by atoms with Crippen molar-refractivity contribution in [1.82, 2.24) is 14.0 Å². The molecular formula is C57H42BN5OPtSi-2. The maximum absolute atomic E-state index is 6.80. The molecule has 3 aliphatic heterocycles. The molecule has 66 heavy (non-hydrogen) atoms. The Kier molecular flexibility index (Phi) is 9.22. The average molecular weight is 1050 g/mol. The molecule has 6 nitrogen and oxygen atoms in total. The minimum absolute atomic E-state index is 0. The van der Waals surface area contributed by atoms with Gasteiger partial charge in [-0.25, -0.2) is 0 Å². The number of imidazole rings is 2. The second-order valence-electron chi connectivity index (χ2n) is 18.1. The first-order valence-electron chi connectivity index (χ1n) is 22.3. The predicted octanol–water partition coefficient (Wildman–Crippen LogP) is 10.4. The van der Waals surface area contributed by atoms with Gasteiger partial charge in [-0.05, 0) is 76.6 Å². The van der Waals surface area contributed by atoms with Crippen molar-refractivity contribution in [2.45, 2.75) is 26.9 Å². The third-order valence-corrected chi connectivity index (χ3v) is 17.7. The van der Waals surface area contributed by atoms with Gasteiger partial charge in [0.2, 0.25) is 0 Å². The van der Waals surface area contributed by atoms with Gasteiger partial charge in [0, 0.05) is 58.9 Å². The van der Waals surface area contributed by atoms with Gasteiger partial charge in [-0.15, -0.1) is 23.4 Å². The van der Waals surface area contributed by atoms with E-state index >= 15 is 0 Å². The number of aryl methyl sites for hydroxylation is 2. The number of rotatable bonds is 4. The molecule has 9 heteroatoms. The summed E-state index contributed by atoms with van der Waals surface area (Å²) in [5, 5.41) is 2.66. The topological polar surface area (TPSA) is 39.1 Å². The van der Waals surface area contributed by atoms with Crippen LogP contribution in [-0.4, -0.2) is 36.1 Å². The van der Waals surface area contributed by atoms with E-state index in [1.807, 2.05) is 12.3 Å². The summed E-state index contributed by atoms with van der Waals surface area (Å²) < 4.78 is 13.7. The number of hydrogen-bond donors (Lipinski definition) is 0. The Morgan fingerprint density at radius 2 is 1.23 bits per heavy atom. The Hall–Kier alpha value is -6.99.